The molecule has 1 amide bonds. The number of piperidine rings is 1. The number of sulfonamides is 1. The molecule has 2 aromatic heterocycles. The van der Waals surface area contributed by atoms with E-state index in [1.165, 1.54) is 49.6 Å². The van der Waals surface area contributed by atoms with E-state index in [0.29, 0.717) is 43.6 Å². The highest BCUT2D eigenvalue weighted by Gasteiger charge is 2.49. The topological polar surface area (TPSA) is 211 Å². The first kappa shape index (κ1) is 50.5. The van der Waals surface area contributed by atoms with E-state index in [-0.39, 0.29) is 82.1 Å². The molecule has 4 fully saturated rings. The van der Waals surface area contributed by atoms with Gasteiger partial charge >= 0.3 is 0 Å². The second kappa shape index (κ2) is 20.0. The lowest BCUT2D eigenvalue weighted by Crippen LogP contribution is -2.63. The molecule has 3 aromatic carbocycles. The Kier molecular flexibility index (Phi) is 13.8. The predicted octanol–water partition coefficient (Wildman–Crippen LogP) is 9.41. The van der Waals surface area contributed by atoms with E-state index in [9.17, 15) is 28.4 Å². The van der Waals surface area contributed by atoms with Gasteiger partial charge in [-0.05, 0) is 112 Å². The number of aromatic amines is 1. The van der Waals surface area contributed by atoms with E-state index < -0.39 is 42.9 Å². The van der Waals surface area contributed by atoms with Crippen LogP contribution in [0.15, 0.2) is 71.8 Å². The molecular weight excluding hydrogens is 958 g/mol. The third kappa shape index (κ3) is 10.3. The Morgan fingerprint density at radius 1 is 1.03 bits per heavy atom. The first-order valence-electron chi connectivity index (χ1n) is 25.6. The summed E-state index contributed by atoms with van der Waals surface area (Å²) in [7, 11) is -3.25. The zero-order valence-corrected chi connectivity index (χ0v) is 42.9. The first-order valence-corrected chi connectivity index (χ1v) is 27.1. The lowest BCUT2D eigenvalue weighted by atomic mass is 9.70. The Hall–Kier alpha value is -6.02. The molecule has 19 heteroatoms. The molecule has 2 aliphatic carbocycles. The average Bonchev–Trinajstić information content (AvgIpc) is 4.00. The molecule has 4 N–H and O–H groups in total. The van der Waals surface area contributed by atoms with Crippen molar-refractivity contribution in [2.24, 2.45) is 11.3 Å². The molecule has 390 valence electrons. The van der Waals surface area contributed by atoms with Gasteiger partial charge in [0.15, 0.2) is 17.2 Å². The molecule has 5 aliphatic rings. The number of aliphatic hydroxyl groups is 1. The maximum atomic E-state index is 15.1. The molecule has 17 nitrogen and oxygen atoms in total. The van der Waals surface area contributed by atoms with Gasteiger partial charge < -0.3 is 39.3 Å². The number of nitro benzene ring substituents is 1. The highest BCUT2D eigenvalue weighted by Crippen LogP contribution is 2.50. The maximum absolute atomic E-state index is 15.1. The van der Waals surface area contributed by atoms with Crippen LogP contribution in [-0.4, -0.2) is 110 Å². The standard InChI is InChI=1S/C54H66FN7O10S/c1-32(2)37-9-6-7-10-38(37)39-11-8-12-44(39)61-30-54(31-61)19-21-60(22-20-54)35-13-14-40(46(23-35)72-48-26-41-42(55)27-56-50(41)58-52(48)71-28-33(3)69-5)51(63)59-73(67,68)36-24-45(62(65)66)49-47(25-36)70-29-43(57-49)34-15-17-53(4,64)18-16-34/h6-7,9-10,13-14,23-27,32-34,39,43-44,57,64H,8,11-12,15-22,28-31H2,1-5H3,(H,56,58)(H,59,63)/t33-,34-,39+,43+,44+,53-/m0/s1. The highest BCUT2D eigenvalue weighted by molar-refractivity contribution is 7.90. The number of amides is 1. The second-order valence-electron chi connectivity index (χ2n) is 21.6. The van der Waals surface area contributed by atoms with Crippen molar-refractivity contribution in [1.29, 1.82) is 0 Å². The van der Waals surface area contributed by atoms with E-state index in [1.54, 1.807) is 26.0 Å². The summed E-state index contributed by atoms with van der Waals surface area (Å²) in [5.41, 5.74) is 2.60. The van der Waals surface area contributed by atoms with Gasteiger partial charge in [-0.3, -0.25) is 19.8 Å². The van der Waals surface area contributed by atoms with Crippen molar-refractivity contribution >= 4 is 44.0 Å². The molecule has 0 bridgehead atoms. The van der Waals surface area contributed by atoms with Gasteiger partial charge in [0.05, 0.1) is 38.5 Å². The summed E-state index contributed by atoms with van der Waals surface area (Å²) >= 11 is 0. The Balaban J connectivity index is 0.904. The summed E-state index contributed by atoms with van der Waals surface area (Å²) in [5.74, 6) is -0.777. The van der Waals surface area contributed by atoms with Gasteiger partial charge in [-0.2, -0.15) is 4.98 Å². The van der Waals surface area contributed by atoms with Gasteiger partial charge in [-0.15, -0.1) is 0 Å². The molecule has 10 rings (SSSR count). The summed E-state index contributed by atoms with van der Waals surface area (Å²) in [5, 5.41) is 26.3. The number of methoxy groups -OCH3 is 1. The molecule has 5 aromatic rings. The number of H-pyrrole nitrogens is 1. The minimum Gasteiger partial charge on any atom is -0.489 e. The number of fused-ring (bicyclic) bond motifs is 2. The third-order valence-electron chi connectivity index (χ3n) is 16.3. The Morgan fingerprint density at radius 3 is 2.51 bits per heavy atom. The number of anilines is 2. The molecule has 3 aliphatic heterocycles. The Labute approximate surface area is 425 Å². The van der Waals surface area contributed by atoms with Crippen LogP contribution < -0.4 is 29.1 Å². The minimum absolute atomic E-state index is 0.0261. The zero-order chi connectivity index (χ0) is 51.4. The highest BCUT2D eigenvalue weighted by atomic mass is 32.2. The van der Waals surface area contributed by atoms with E-state index in [1.807, 2.05) is 0 Å². The largest absolute Gasteiger partial charge is 0.489 e. The number of hydrogen-bond donors (Lipinski definition) is 4. The van der Waals surface area contributed by atoms with Gasteiger partial charge in [-0.25, -0.2) is 17.5 Å². The van der Waals surface area contributed by atoms with Gasteiger partial charge in [0.2, 0.25) is 0 Å². The van der Waals surface area contributed by atoms with Crippen molar-refractivity contribution in [1.82, 2.24) is 19.6 Å². The van der Waals surface area contributed by atoms with Crippen LogP contribution in [0.4, 0.5) is 21.5 Å². The maximum Gasteiger partial charge on any atom is 0.297 e. The van der Waals surface area contributed by atoms with Crippen LogP contribution in [0.25, 0.3) is 11.0 Å². The monoisotopic (exact) mass is 1020 g/mol. The van der Waals surface area contributed by atoms with Gasteiger partial charge in [0, 0.05) is 75.5 Å². The number of halogens is 1. The number of aromatic nitrogens is 2. The van der Waals surface area contributed by atoms with Gasteiger partial charge in [0.1, 0.15) is 30.4 Å². The molecule has 0 unspecified atom stereocenters. The Morgan fingerprint density at radius 2 is 1.78 bits per heavy atom. The molecule has 73 heavy (non-hydrogen) atoms. The van der Waals surface area contributed by atoms with E-state index >= 15 is 4.39 Å². The molecule has 2 saturated carbocycles. The van der Waals surface area contributed by atoms with Crippen LogP contribution in [0, 0.1) is 27.3 Å². The number of nitrogens with zero attached hydrogens (tertiary/aromatic N) is 4. The number of nitro groups is 1. The Bertz CT molecular complexity index is 2990. The third-order valence-corrected chi connectivity index (χ3v) is 17.6. The molecule has 4 atom stereocenters. The lowest BCUT2D eigenvalue weighted by molar-refractivity contribution is -0.384. The fourth-order valence-corrected chi connectivity index (χ4v) is 12.9. The normalized spacial score (nSPS) is 24.4. The number of nitrogens with one attached hydrogen (secondary N) is 3. The first-order chi connectivity index (χ1) is 34.9. The van der Waals surface area contributed by atoms with Gasteiger partial charge in [-0.1, -0.05) is 44.5 Å². The van der Waals surface area contributed by atoms with Crippen molar-refractivity contribution in [3.05, 3.63) is 99.5 Å². The fourth-order valence-electron chi connectivity index (χ4n) is 11.9. The van der Waals surface area contributed by atoms with Crippen LogP contribution >= 0.6 is 0 Å². The summed E-state index contributed by atoms with van der Waals surface area (Å²) in [6, 6.07) is 17.5. The minimum atomic E-state index is -4.78. The van der Waals surface area contributed by atoms with Crippen LogP contribution in [0.2, 0.25) is 0 Å². The lowest BCUT2D eigenvalue weighted by Gasteiger charge is -2.57. The molecule has 5 heterocycles. The number of hydrogen-bond acceptors (Lipinski definition) is 14. The molecule has 2 saturated heterocycles. The smallest absolute Gasteiger partial charge is 0.297 e. The number of pyridine rings is 1. The van der Waals surface area contributed by atoms with Crippen molar-refractivity contribution < 1.29 is 46.6 Å². The molecular formula is C54H66FN7O10S. The summed E-state index contributed by atoms with van der Waals surface area (Å²) in [4.78, 5) is 37.8. The number of carbonyl (C=O) groups excluding carboxylic acids is 1. The van der Waals surface area contributed by atoms with Crippen LogP contribution in [0.5, 0.6) is 23.1 Å². The average molecular weight is 1020 g/mol. The van der Waals surface area contributed by atoms with Crippen molar-refractivity contribution in [3.63, 3.8) is 0 Å². The summed E-state index contributed by atoms with van der Waals surface area (Å²) in [6.45, 7) is 11.9. The van der Waals surface area contributed by atoms with Crippen LogP contribution in [0.1, 0.15) is 119 Å². The van der Waals surface area contributed by atoms with Crippen molar-refractivity contribution in [3.8, 4) is 23.1 Å². The van der Waals surface area contributed by atoms with Crippen LogP contribution in [0.3, 0.4) is 0 Å². The summed E-state index contributed by atoms with van der Waals surface area (Å²) < 4.78 is 69.4. The van der Waals surface area contributed by atoms with Crippen molar-refractivity contribution in [2.75, 3.05) is 56.7 Å². The fraction of sp³-hybridized carbons (Fsp3) is 0.519. The predicted molar refractivity (Wildman–Crippen MR) is 274 cm³/mol. The second-order valence-corrected chi connectivity index (χ2v) is 23.3. The van der Waals surface area contributed by atoms with Crippen molar-refractivity contribution in [2.45, 2.75) is 126 Å². The number of rotatable bonds is 15. The number of carbonyl (C=O) groups is 1. The number of likely N-dealkylation sites (tertiary alicyclic amines) is 1. The number of ether oxygens (including phenoxy) is 4. The van der Waals surface area contributed by atoms with E-state index in [0.717, 1.165) is 63.0 Å². The number of benzene rings is 3. The molecule has 0 radical (unpaired) electrons. The van der Waals surface area contributed by atoms with E-state index in [2.05, 4.69) is 67.9 Å². The zero-order valence-electron chi connectivity index (χ0n) is 42.1. The van der Waals surface area contributed by atoms with E-state index in [4.69, 9.17) is 18.9 Å². The van der Waals surface area contributed by atoms with Crippen LogP contribution in [-0.2, 0) is 14.8 Å². The SMILES string of the molecule is CO[C@@H](C)COc1nc2[nH]cc(F)c2cc1Oc1cc(N2CCC3(CC2)CN([C@@H]2CCC[C@@H]2c2ccccc2C(C)C)C3)ccc1C(=O)NS(=O)(=O)c1cc2c(c([N+](=O)[O-])c1)N[C@@H]([C@H]1CC[C@](C)(O)CC1)CO2. The summed E-state index contributed by atoms with van der Waals surface area (Å²) in [6.07, 6.45) is 8.87. The van der Waals surface area contributed by atoms with Gasteiger partial charge in [0.25, 0.3) is 27.5 Å². The molecule has 1 spiro atoms. The quantitative estimate of drug-likeness (QED) is 0.0569.